The number of carbonyl (C=O) groups is 1. The fourth-order valence-electron chi connectivity index (χ4n) is 2.25. The zero-order chi connectivity index (χ0) is 16.5. The van der Waals surface area contributed by atoms with Crippen LogP contribution in [0, 0.1) is 0 Å². The summed E-state index contributed by atoms with van der Waals surface area (Å²) in [6, 6.07) is 3.31. The summed E-state index contributed by atoms with van der Waals surface area (Å²) < 4.78 is 5.36. The third-order valence-corrected chi connectivity index (χ3v) is 3.80. The van der Waals surface area contributed by atoms with Crippen LogP contribution in [0.15, 0.2) is 12.1 Å². The Morgan fingerprint density at radius 3 is 2.50 bits per heavy atom. The van der Waals surface area contributed by atoms with E-state index in [9.17, 15) is 9.90 Å². The summed E-state index contributed by atoms with van der Waals surface area (Å²) in [6.07, 6.45) is 0.494. The first-order valence-corrected chi connectivity index (χ1v) is 7.84. The first kappa shape index (κ1) is 17.0. The average molecular weight is 347 g/mol. The van der Waals surface area contributed by atoms with Crippen LogP contribution in [-0.2, 0) is 4.74 Å². The number of carbonyl (C=O) groups excluding carboxylic acids is 1. The van der Waals surface area contributed by atoms with Crippen molar-refractivity contribution in [3.05, 3.63) is 22.2 Å². The van der Waals surface area contributed by atoms with E-state index in [1.165, 1.54) is 0 Å². The van der Waals surface area contributed by atoms with E-state index in [1.54, 1.807) is 17.0 Å². The lowest BCUT2D eigenvalue weighted by atomic mass is 10.2. The van der Waals surface area contributed by atoms with Crippen LogP contribution in [0.4, 0.5) is 10.5 Å². The number of hydrogen-bond acceptors (Lipinski definition) is 4. The molecular weight excluding hydrogens is 327 g/mol. The maximum atomic E-state index is 12.0. The molecule has 1 aromatic rings. The minimum atomic E-state index is -0.499. The number of nitrogens with zero attached hydrogens (tertiary/aromatic N) is 1. The summed E-state index contributed by atoms with van der Waals surface area (Å²) in [6.45, 7) is 6.71. The van der Waals surface area contributed by atoms with E-state index < -0.39 is 5.60 Å². The van der Waals surface area contributed by atoms with Crippen molar-refractivity contribution in [2.75, 3.05) is 18.4 Å². The number of rotatable bonds is 2. The molecule has 0 aromatic heterocycles. The van der Waals surface area contributed by atoms with Crippen molar-refractivity contribution < 1.29 is 14.6 Å². The molecule has 0 bridgehead atoms. The Labute approximate surface area is 140 Å². The Kier molecular flexibility index (Phi) is 4.97. The summed E-state index contributed by atoms with van der Waals surface area (Å²) in [5, 5.41) is 13.2. The van der Waals surface area contributed by atoms with Gasteiger partial charge in [-0.2, -0.15) is 0 Å². The summed E-state index contributed by atoms with van der Waals surface area (Å²) in [5.74, 6) is -0.129. The highest BCUT2D eigenvalue weighted by Gasteiger charge is 2.29. The van der Waals surface area contributed by atoms with Gasteiger partial charge >= 0.3 is 6.09 Å². The zero-order valence-corrected chi connectivity index (χ0v) is 14.3. The van der Waals surface area contributed by atoms with Gasteiger partial charge in [0.1, 0.15) is 5.60 Å². The van der Waals surface area contributed by atoms with Gasteiger partial charge in [-0.05, 0) is 39.3 Å². The summed E-state index contributed by atoms with van der Waals surface area (Å²) >= 11 is 11.8. The van der Waals surface area contributed by atoms with Gasteiger partial charge in [-0.3, -0.25) is 0 Å². The maximum absolute atomic E-state index is 12.0. The molecule has 0 aliphatic carbocycles. The summed E-state index contributed by atoms with van der Waals surface area (Å²) in [4.78, 5) is 13.7. The molecule has 7 heteroatoms. The van der Waals surface area contributed by atoms with Crippen LogP contribution in [-0.4, -0.2) is 40.8 Å². The Hall–Kier alpha value is -1.33. The molecule has 5 nitrogen and oxygen atoms in total. The van der Waals surface area contributed by atoms with Gasteiger partial charge in [0, 0.05) is 24.8 Å². The highest BCUT2D eigenvalue weighted by atomic mass is 35.5. The molecule has 1 aromatic carbocycles. The molecule has 122 valence electrons. The van der Waals surface area contributed by atoms with Crippen molar-refractivity contribution >= 4 is 35.0 Å². The molecule has 1 aliphatic rings. The van der Waals surface area contributed by atoms with Crippen LogP contribution in [0.25, 0.3) is 0 Å². The van der Waals surface area contributed by atoms with E-state index >= 15 is 0 Å². The van der Waals surface area contributed by atoms with Gasteiger partial charge in [0.25, 0.3) is 0 Å². The van der Waals surface area contributed by atoms with Gasteiger partial charge in [0.2, 0.25) is 0 Å². The third kappa shape index (κ3) is 4.34. The summed E-state index contributed by atoms with van der Waals surface area (Å²) in [5.41, 5.74) is 0.212. The van der Waals surface area contributed by atoms with Gasteiger partial charge in [-0.25, -0.2) is 4.79 Å². The lowest BCUT2D eigenvalue weighted by Gasteiger charge is -2.24. The van der Waals surface area contributed by atoms with Gasteiger partial charge in [-0.1, -0.05) is 23.2 Å². The number of nitrogens with one attached hydrogen (secondary N) is 1. The molecule has 1 aliphatic heterocycles. The first-order chi connectivity index (χ1) is 10.2. The molecule has 1 unspecified atom stereocenters. The van der Waals surface area contributed by atoms with E-state index in [2.05, 4.69) is 5.32 Å². The molecule has 0 spiro atoms. The predicted molar refractivity (Wildman–Crippen MR) is 88.0 cm³/mol. The number of phenols is 1. The number of anilines is 1. The highest BCUT2D eigenvalue weighted by Crippen LogP contribution is 2.35. The van der Waals surface area contributed by atoms with Gasteiger partial charge in [0.15, 0.2) is 5.75 Å². The second kappa shape index (κ2) is 6.42. The number of amides is 1. The Bertz CT molecular complexity index is 549. The Balaban J connectivity index is 1.95. The second-order valence-electron chi connectivity index (χ2n) is 6.34. The van der Waals surface area contributed by atoms with Crippen molar-refractivity contribution in [1.29, 1.82) is 0 Å². The molecular formula is C15H20Cl2N2O3. The molecule has 1 saturated heterocycles. The molecule has 0 saturated carbocycles. The van der Waals surface area contributed by atoms with E-state index in [0.717, 1.165) is 6.42 Å². The van der Waals surface area contributed by atoms with Crippen molar-refractivity contribution in [2.45, 2.75) is 38.8 Å². The minimum Gasteiger partial charge on any atom is -0.505 e. The number of benzene rings is 1. The minimum absolute atomic E-state index is 0.0872. The lowest BCUT2D eigenvalue weighted by Crippen LogP contribution is -2.36. The molecule has 1 atom stereocenters. The Morgan fingerprint density at radius 1 is 1.36 bits per heavy atom. The van der Waals surface area contributed by atoms with Gasteiger partial charge in [0.05, 0.1) is 10.0 Å². The topological polar surface area (TPSA) is 61.8 Å². The van der Waals surface area contributed by atoms with E-state index in [-0.39, 0.29) is 27.9 Å². The standard InChI is InChI=1S/C15H20Cl2N2O3/c1-15(2,3)22-14(21)19-5-4-9(8-19)18-10-6-11(16)13(20)12(17)7-10/h6-7,9,18,20H,4-5,8H2,1-3H3. The monoisotopic (exact) mass is 346 g/mol. The van der Waals surface area contributed by atoms with Gasteiger partial charge < -0.3 is 20.1 Å². The van der Waals surface area contributed by atoms with E-state index in [0.29, 0.717) is 18.8 Å². The van der Waals surface area contributed by atoms with E-state index in [1.807, 2.05) is 20.8 Å². The van der Waals surface area contributed by atoms with Crippen LogP contribution in [0.3, 0.4) is 0 Å². The third-order valence-electron chi connectivity index (χ3n) is 3.23. The lowest BCUT2D eigenvalue weighted by molar-refractivity contribution is 0.0293. The molecule has 2 rings (SSSR count). The van der Waals surface area contributed by atoms with Crippen molar-refractivity contribution in [1.82, 2.24) is 4.90 Å². The molecule has 2 N–H and O–H groups in total. The van der Waals surface area contributed by atoms with Crippen LogP contribution in [0.1, 0.15) is 27.2 Å². The highest BCUT2D eigenvalue weighted by molar-refractivity contribution is 6.37. The largest absolute Gasteiger partial charge is 0.505 e. The number of halogens is 2. The molecule has 1 fully saturated rings. The molecule has 1 amide bonds. The van der Waals surface area contributed by atoms with Crippen molar-refractivity contribution in [2.24, 2.45) is 0 Å². The zero-order valence-electron chi connectivity index (χ0n) is 12.8. The molecule has 0 radical (unpaired) electrons. The SMILES string of the molecule is CC(C)(C)OC(=O)N1CCC(Nc2cc(Cl)c(O)c(Cl)c2)C1. The number of phenolic OH excluding ortho intramolecular Hbond substituents is 1. The van der Waals surface area contributed by atoms with Gasteiger partial charge in [-0.15, -0.1) is 0 Å². The first-order valence-electron chi connectivity index (χ1n) is 7.08. The molecule has 1 heterocycles. The van der Waals surface area contributed by atoms with Crippen LogP contribution >= 0.6 is 23.2 Å². The second-order valence-corrected chi connectivity index (χ2v) is 7.16. The predicted octanol–water partition coefficient (Wildman–Crippen LogP) is 4.12. The number of likely N-dealkylation sites (tertiary alicyclic amines) is 1. The fraction of sp³-hybridized carbons (Fsp3) is 0.533. The Morgan fingerprint density at radius 2 is 1.95 bits per heavy atom. The normalized spacial score (nSPS) is 18.4. The maximum Gasteiger partial charge on any atom is 0.410 e. The average Bonchev–Trinajstić information content (AvgIpc) is 2.82. The number of ether oxygens (including phenoxy) is 1. The number of hydrogen-bond donors (Lipinski definition) is 2. The smallest absolute Gasteiger partial charge is 0.410 e. The summed E-state index contributed by atoms with van der Waals surface area (Å²) in [7, 11) is 0. The van der Waals surface area contributed by atoms with Crippen LogP contribution in [0.5, 0.6) is 5.75 Å². The van der Waals surface area contributed by atoms with Crippen molar-refractivity contribution in [3.63, 3.8) is 0 Å². The van der Waals surface area contributed by atoms with Crippen molar-refractivity contribution in [3.8, 4) is 5.75 Å². The fourth-order valence-corrected chi connectivity index (χ4v) is 2.74. The quantitative estimate of drug-likeness (QED) is 0.790. The van der Waals surface area contributed by atoms with Crippen LogP contribution < -0.4 is 5.32 Å². The number of aromatic hydroxyl groups is 1. The molecule has 22 heavy (non-hydrogen) atoms. The van der Waals surface area contributed by atoms with E-state index in [4.69, 9.17) is 27.9 Å². The van der Waals surface area contributed by atoms with Crippen LogP contribution in [0.2, 0.25) is 10.0 Å².